The Bertz CT molecular complexity index is 1730. The molecule has 3 aromatic carbocycles. The molecule has 1 fully saturated rings. The molecule has 2 N–H and O–H groups in total. The fraction of sp³-hybridized carbons (Fsp3) is 0.353. The molecule has 11 nitrogen and oxygen atoms in total. The zero-order valence-electron chi connectivity index (χ0n) is 26.6. The molecule has 5 rings (SSSR count). The van der Waals surface area contributed by atoms with Gasteiger partial charge in [-0.1, -0.05) is 18.2 Å². The van der Waals surface area contributed by atoms with Crippen LogP contribution in [0.4, 0.5) is 21.9 Å². The van der Waals surface area contributed by atoms with Gasteiger partial charge in [0.15, 0.2) is 0 Å². The van der Waals surface area contributed by atoms with Gasteiger partial charge in [0.25, 0.3) is 11.8 Å². The van der Waals surface area contributed by atoms with E-state index in [2.05, 4.69) is 32.5 Å². The third-order valence-corrected chi connectivity index (χ3v) is 7.59. The Balaban J connectivity index is 1.37. The van der Waals surface area contributed by atoms with Crippen molar-refractivity contribution in [2.24, 2.45) is 0 Å². The van der Waals surface area contributed by atoms with Crippen LogP contribution >= 0.6 is 0 Å². The third-order valence-electron chi connectivity index (χ3n) is 7.59. The van der Waals surface area contributed by atoms with Crippen LogP contribution in [0.1, 0.15) is 52.9 Å². The number of aryl methyl sites for hydroxylation is 1. The first-order valence-electron chi connectivity index (χ1n) is 14.9. The number of imidazole rings is 1. The highest BCUT2D eigenvalue weighted by Gasteiger charge is 2.24. The number of carbonyl (C=O) groups is 3. The summed E-state index contributed by atoms with van der Waals surface area (Å²) in [5.41, 5.74) is 3.75. The van der Waals surface area contributed by atoms with Gasteiger partial charge in [0.05, 0.1) is 29.2 Å². The zero-order chi connectivity index (χ0) is 32.3. The predicted molar refractivity (Wildman–Crippen MR) is 175 cm³/mol. The van der Waals surface area contributed by atoms with Gasteiger partial charge in [-0.15, -0.1) is 0 Å². The minimum atomic E-state index is -0.680. The topological polar surface area (TPSA) is 118 Å². The van der Waals surface area contributed by atoms with Crippen molar-refractivity contribution >= 4 is 46.0 Å². The molecule has 1 aromatic heterocycles. The Hall–Kier alpha value is -4.74. The average molecular weight is 613 g/mol. The molecule has 4 aromatic rings. The molecule has 0 saturated carbocycles. The number of hydrogen-bond acceptors (Lipinski definition) is 8. The van der Waals surface area contributed by atoms with Crippen molar-refractivity contribution in [3.8, 4) is 0 Å². The number of nitrogens with one attached hydrogen (secondary N) is 2. The van der Waals surface area contributed by atoms with E-state index in [1.54, 1.807) is 64.1 Å². The number of likely N-dealkylation sites (N-methyl/N-ethyl adjacent to an activating group) is 1. The molecule has 0 radical (unpaired) electrons. The summed E-state index contributed by atoms with van der Waals surface area (Å²) >= 11 is 0. The van der Waals surface area contributed by atoms with E-state index in [1.165, 1.54) is 11.7 Å². The molecule has 0 unspecified atom stereocenters. The monoisotopic (exact) mass is 612 g/mol. The minimum Gasteiger partial charge on any atom is -0.443 e. The van der Waals surface area contributed by atoms with Crippen molar-refractivity contribution in [2.45, 2.75) is 39.9 Å². The van der Waals surface area contributed by atoms with Crippen LogP contribution in [-0.4, -0.2) is 78.3 Å². The van der Waals surface area contributed by atoms with E-state index in [9.17, 15) is 14.4 Å². The summed E-state index contributed by atoms with van der Waals surface area (Å²) in [4.78, 5) is 49.0. The van der Waals surface area contributed by atoms with Gasteiger partial charge in [-0.25, -0.2) is 14.3 Å². The summed E-state index contributed by atoms with van der Waals surface area (Å²) in [5.74, 6) is -0.245. The number of amides is 2. The van der Waals surface area contributed by atoms with Crippen LogP contribution < -0.4 is 15.5 Å². The quantitative estimate of drug-likeness (QED) is 0.280. The SMILES string of the molecule is COCc1cc(C(=O)Nc2ccccc2N2CCN(C)CC2)ccc1C(=O)Nc1cccc2c1nc(C)n2C(=O)OC(C)(C)C. The minimum absolute atomic E-state index is 0.123. The molecule has 2 heterocycles. The Kier molecular flexibility index (Phi) is 9.21. The zero-order valence-corrected chi connectivity index (χ0v) is 26.6. The third kappa shape index (κ3) is 7.16. The molecule has 1 aliphatic rings. The van der Waals surface area contributed by atoms with Crippen LogP contribution in [-0.2, 0) is 16.1 Å². The maximum Gasteiger partial charge on any atom is 0.420 e. The molecule has 11 heteroatoms. The van der Waals surface area contributed by atoms with Crippen LogP contribution in [0.5, 0.6) is 0 Å². The number of carbonyl (C=O) groups excluding carboxylic acids is 3. The van der Waals surface area contributed by atoms with Gasteiger partial charge < -0.3 is 29.9 Å². The maximum atomic E-state index is 13.6. The van der Waals surface area contributed by atoms with Crippen LogP contribution in [0, 0.1) is 6.92 Å². The number of methoxy groups -OCH3 is 1. The van der Waals surface area contributed by atoms with Gasteiger partial charge >= 0.3 is 6.09 Å². The lowest BCUT2D eigenvalue weighted by Crippen LogP contribution is -2.44. The largest absolute Gasteiger partial charge is 0.443 e. The molecule has 0 atom stereocenters. The van der Waals surface area contributed by atoms with Gasteiger partial charge in [-0.3, -0.25) is 9.59 Å². The summed E-state index contributed by atoms with van der Waals surface area (Å²) in [6, 6.07) is 17.9. The highest BCUT2D eigenvalue weighted by Crippen LogP contribution is 2.29. The van der Waals surface area contributed by atoms with Crippen molar-refractivity contribution in [1.82, 2.24) is 14.5 Å². The summed E-state index contributed by atoms with van der Waals surface area (Å²) in [7, 11) is 3.64. The van der Waals surface area contributed by atoms with E-state index < -0.39 is 17.6 Å². The second-order valence-electron chi connectivity index (χ2n) is 12.2. The number of nitrogens with zero attached hydrogens (tertiary/aromatic N) is 4. The Labute approximate surface area is 263 Å². The van der Waals surface area contributed by atoms with Gasteiger partial charge in [-0.2, -0.15) is 0 Å². The molecule has 0 aliphatic carbocycles. The van der Waals surface area contributed by atoms with Gasteiger partial charge in [0, 0.05) is 44.4 Å². The lowest BCUT2D eigenvalue weighted by Gasteiger charge is -2.35. The molecule has 2 amide bonds. The number of piperazine rings is 1. The lowest BCUT2D eigenvalue weighted by atomic mass is 10.0. The van der Waals surface area contributed by atoms with E-state index >= 15 is 0 Å². The lowest BCUT2D eigenvalue weighted by molar-refractivity contribution is 0.0540. The van der Waals surface area contributed by atoms with Gasteiger partial charge in [-0.05, 0) is 82.8 Å². The van der Waals surface area contributed by atoms with Crippen molar-refractivity contribution in [3.63, 3.8) is 0 Å². The summed E-state index contributed by atoms with van der Waals surface area (Å²) in [5, 5.41) is 5.99. The first-order chi connectivity index (χ1) is 21.4. The normalized spacial score (nSPS) is 14.0. The van der Waals surface area contributed by atoms with Gasteiger partial charge in [0.2, 0.25) is 0 Å². The Morgan fingerprint density at radius 2 is 1.58 bits per heavy atom. The van der Waals surface area contributed by atoms with Crippen LogP contribution in [0.25, 0.3) is 11.0 Å². The van der Waals surface area contributed by atoms with Crippen LogP contribution in [0.2, 0.25) is 0 Å². The molecule has 1 aliphatic heterocycles. The number of aromatic nitrogens is 2. The number of hydrogen-bond donors (Lipinski definition) is 2. The highest BCUT2D eigenvalue weighted by atomic mass is 16.6. The first-order valence-corrected chi connectivity index (χ1v) is 14.9. The smallest absolute Gasteiger partial charge is 0.420 e. The van der Waals surface area contributed by atoms with Crippen LogP contribution in [0.15, 0.2) is 60.7 Å². The van der Waals surface area contributed by atoms with Crippen molar-refractivity contribution < 1.29 is 23.9 Å². The molecular weight excluding hydrogens is 572 g/mol. The summed E-state index contributed by atoms with van der Waals surface area (Å²) in [6.45, 7) is 10.9. The standard InChI is InChI=1S/C34H40N6O5/c1-22-35-30-27(11-9-13-29(30)40(22)33(43)45-34(2,3)4)37-32(42)25-15-14-23(20-24(25)21-44-6)31(41)36-26-10-7-8-12-28(26)39-18-16-38(5)17-19-39/h7-15,20H,16-19,21H2,1-6H3,(H,36,41)(H,37,42). The van der Waals surface area contributed by atoms with Crippen LogP contribution in [0.3, 0.4) is 0 Å². The van der Waals surface area contributed by atoms with E-state index in [-0.39, 0.29) is 12.5 Å². The summed E-state index contributed by atoms with van der Waals surface area (Å²) < 4.78 is 12.3. The Morgan fingerprint density at radius 1 is 0.889 bits per heavy atom. The molecule has 45 heavy (non-hydrogen) atoms. The molecule has 0 spiro atoms. The molecule has 236 valence electrons. The second-order valence-corrected chi connectivity index (χ2v) is 12.2. The maximum absolute atomic E-state index is 13.6. The second kappa shape index (κ2) is 13.1. The van der Waals surface area contributed by atoms with E-state index in [1.807, 2.05) is 24.3 Å². The fourth-order valence-corrected chi connectivity index (χ4v) is 5.37. The number of benzene rings is 3. The molecule has 1 saturated heterocycles. The number of anilines is 3. The van der Waals surface area contributed by atoms with E-state index in [4.69, 9.17) is 9.47 Å². The molecule has 0 bridgehead atoms. The van der Waals surface area contributed by atoms with Crippen molar-refractivity contribution in [2.75, 3.05) is 55.9 Å². The van der Waals surface area contributed by atoms with E-state index in [0.717, 1.165) is 37.6 Å². The summed E-state index contributed by atoms with van der Waals surface area (Å²) in [6.07, 6.45) is -0.548. The number of rotatable bonds is 7. The number of para-hydroxylation sites is 3. The fourth-order valence-electron chi connectivity index (χ4n) is 5.37. The number of fused-ring (bicyclic) bond motifs is 1. The predicted octanol–water partition coefficient (Wildman–Crippen LogP) is 5.53. The van der Waals surface area contributed by atoms with Crippen molar-refractivity contribution in [3.05, 3.63) is 83.2 Å². The average Bonchev–Trinajstić information content (AvgIpc) is 3.34. The Morgan fingerprint density at radius 3 is 2.29 bits per heavy atom. The number of ether oxygens (including phenoxy) is 2. The first kappa shape index (κ1) is 31.7. The molecular formula is C34H40N6O5. The van der Waals surface area contributed by atoms with Crippen molar-refractivity contribution in [1.29, 1.82) is 0 Å². The highest BCUT2D eigenvalue weighted by molar-refractivity contribution is 6.11. The van der Waals surface area contributed by atoms with Gasteiger partial charge in [0.1, 0.15) is 16.9 Å². The van der Waals surface area contributed by atoms with E-state index in [0.29, 0.717) is 39.2 Å².